The number of thiophene rings is 2. The zero-order valence-electron chi connectivity index (χ0n) is 14.9. The second-order valence-electron chi connectivity index (χ2n) is 7.45. The van der Waals surface area contributed by atoms with Gasteiger partial charge in [-0.05, 0) is 42.2 Å². The molecular weight excluding hydrogens is 434 g/mol. The summed E-state index contributed by atoms with van der Waals surface area (Å²) in [4.78, 5) is 15.8. The Labute approximate surface area is 172 Å². The minimum atomic E-state index is -1.69. The number of hydrogen-bond donors (Lipinski definition) is 2. The van der Waals surface area contributed by atoms with Crippen molar-refractivity contribution in [3.63, 3.8) is 0 Å². The minimum Gasteiger partial charge on any atom is -1.00 e. The first-order valence-electron chi connectivity index (χ1n) is 8.83. The summed E-state index contributed by atoms with van der Waals surface area (Å²) in [5, 5.41) is 15.1. The van der Waals surface area contributed by atoms with Crippen LogP contribution in [0.5, 0.6) is 0 Å². The summed E-state index contributed by atoms with van der Waals surface area (Å²) < 4.78 is 5.95. The largest absolute Gasteiger partial charge is 1.00 e. The van der Waals surface area contributed by atoms with E-state index < -0.39 is 11.6 Å². The molecule has 0 aliphatic heterocycles. The van der Waals surface area contributed by atoms with Gasteiger partial charge in [0.15, 0.2) is 0 Å². The molecule has 0 saturated heterocycles. The third-order valence-electron chi connectivity index (χ3n) is 5.83. The number of carbonyl (C=O) groups excluding carboxylic acids is 1. The van der Waals surface area contributed by atoms with Crippen molar-refractivity contribution in [3.05, 3.63) is 44.8 Å². The number of esters is 1. The number of ether oxygens (including phenoxy) is 1. The summed E-state index contributed by atoms with van der Waals surface area (Å²) in [6.07, 6.45) is 3.21. The number of quaternary nitrogens is 1. The van der Waals surface area contributed by atoms with Crippen LogP contribution in [0.3, 0.4) is 0 Å². The first-order valence-corrected chi connectivity index (χ1v) is 10.6. The van der Waals surface area contributed by atoms with Crippen LogP contribution in [0, 0.1) is 11.8 Å². The Morgan fingerprint density at radius 2 is 1.81 bits per heavy atom. The maximum absolute atomic E-state index is 13.1. The minimum absolute atomic E-state index is 0. The summed E-state index contributed by atoms with van der Waals surface area (Å²) in [5.74, 6) is 0.515. The van der Waals surface area contributed by atoms with Gasteiger partial charge in [0, 0.05) is 11.8 Å². The van der Waals surface area contributed by atoms with Crippen molar-refractivity contribution in [2.24, 2.45) is 11.8 Å². The molecule has 7 heteroatoms. The van der Waals surface area contributed by atoms with E-state index in [0.29, 0.717) is 27.6 Å². The lowest BCUT2D eigenvalue weighted by Gasteiger charge is -2.29. The highest BCUT2D eigenvalue weighted by Gasteiger charge is 2.55. The SMILES string of the molecule is C[NH+](C)C1C2CC[C@@H]1[C@H](OC(=O)C(O)(c1cccs1)c1cccs1)C2.[Br-]. The molecule has 26 heavy (non-hydrogen) atoms. The number of aliphatic hydroxyl groups is 1. The molecule has 4 atom stereocenters. The van der Waals surface area contributed by atoms with Gasteiger partial charge in [0.25, 0.3) is 0 Å². The van der Waals surface area contributed by atoms with Crippen LogP contribution >= 0.6 is 22.7 Å². The molecule has 2 N–H and O–H groups in total. The molecule has 2 aromatic heterocycles. The second-order valence-corrected chi connectivity index (χ2v) is 9.34. The van der Waals surface area contributed by atoms with Crippen molar-refractivity contribution >= 4 is 28.6 Å². The lowest BCUT2D eigenvalue weighted by molar-refractivity contribution is -0.890. The van der Waals surface area contributed by atoms with Crippen LogP contribution in [0.15, 0.2) is 35.0 Å². The fourth-order valence-corrected chi connectivity index (χ4v) is 6.53. The number of nitrogens with one attached hydrogen (secondary N) is 1. The fourth-order valence-electron chi connectivity index (χ4n) is 4.82. The molecule has 2 bridgehead atoms. The molecule has 2 aromatic rings. The van der Waals surface area contributed by atoms with E-state index in [1.807, 2.05) is 22.9 Å². The lowest BCUT2D eigenvalue weighted by Crippen LogP contribution is -3.11. The number of rotatable bonds is 5. The predicted octanol–water partition coefficient (Wildman–Crippen LogP) is -1.10. The zero-order chi connectivity index (χ0) is 17.6. The van der Waals surface area contributed by atoms with Gasteiger partial charge in [-0.3, -0.25) is 0 Å². The van der Waals surface area contributed by atoms with E-state index in [0.717, 1.165) is 12.8 Å². The highest BCUT2D eigenvalue weighted by Crippen LogP contribution is 2.46. The quantitative estimate of drug-likeness (QED) is 0.560. The summed E-state index contributed by atoms with van der Waals surface area (Å²) in [7, 11) is 4.38. The normalized spacial score (nSPS) is 27.5. The lowest BCUT2D eigenvalue weighted by atomic mass is 9.96. The van der Waals surface area contributed by atoms with Gasteiger partial charge in [-0.1, -0.05) is 12.1 Å². The first kappa shape index (κ1) is 20.0. The highest BCUT2D eigenvalue weighted by atomic mass is 79.9. The van der Waals surface area contributed by atoms with Crippen LogP contribution in [0.2, 0.25) is 0 Å². The van der Waals surface area contributed by atoms with Gasteiger partial charge in [-0.15, -0.1) is 22.7 Å². The predicted molar refractivity (Wildman–Crippen MR) is 98.9 cm³/mol. The van der Waals surface area contributed by atoms with Crippen LogP contribution in [-0.4, -0.2) is 37.3 Å². The summed E-state index contributed by atoms with van der Waals surface area (Å²) in [6.45, 7) is 0. The molecule has 2 heterocycles. The molecule has 0 amide bonds. The van der Waals surface area contributed by atoms with E-state index in [4.69, 9.17) is 4.74 Å². The Bertz CT molecular complexity index is 698. The van der Waals surface area contributed by atoms with Gasteiger partial charge in [-0.25, -0.2) is 4.79 Å². The Hall–Kier alpha value is -0.730. The van der Waals surface area contributed by atoms with Gasteiger partial charge in [-0.2, -0.15) is 0 Å². The van der Waals surface area contributed by atoms with E-state index in [-0.39, 0.29) is 23.1 Å². The third-order valence-corrected chi connectivity index (χ3v) is 7.79. The number of carbonyl (C=O) groups is 1. The number of hydrogen-bond acceptors (Lipinski definition) is 5. The summed E-state index contributed by atoms with van der Waals surface area (Å²) in [5.41, 5.74) is -1.69. The third kappa shape index (κ3) is 3.18. The van der Waals surface area contributed by atoms with Crippen LogP contribution in [0.25, 0.3) is 0 Å². The Morgan fingerprint density at radius 3 is 2.27 bits per heavy atom. The summed E-state index contributed by atoms with van der Waals surface area (Å²) in [6, 6.07) is 7.89. The standard InChI is InChI=1S/C19H23NO3S2.BrH/c1-20(2)17-12-7-8-13(17)14(11-12)23-18(21)19(22,15-5-3-9-24-15)16-6-4-10-25-16;/h3-6,9-10,12-14,17,22H,7-8,11H2,1-2H3;1H/t12?,13-,14-,17?;/m1./s1. The molecule has 2 aliphatic carbocycles. The molecule has 2 saturated carbocycles. The topological polar surface area (TPSA) is 51.0 Å². The van der Waals surface area contributed by atoms with Crippen LogP contribution in [0.1, 0.15) is 29.0 Å². The molecule has 4 nitrogen and oxygen atoms in total. The van der Waals surface area contributed by atoms with Crippen LogP contribution in [0.4, 0.5) is 0 Å². The molecule has 4 rings (SSSR count). The maximum atomic E-state index is 13.1. The zero-order valence-corrected chi connectivity index (χ0v) is 18.1. The van der Waals surface area contributed by atoms with E-state index in [2.05, 4.69) is 14.1 Å². The molecule has 142 valence electrons. The van der Waals surface area contributed by atoms with Crippen molar-refractivity contribution in [2.75, 3.05) is 14.1 Å². The molecule has 2 unspecified atom stereocenters. The van der Waals surface area contributed by atoms with Crippen LogP contribution < -0.4 is 21.9 Å². The first-order chi connectivity index (χ1) is 12.0. The van der Waals surface area contributed by atoms with Crippen LogP contribution in [-0.2, 0) is 15.1 Å². The maximum Gasteiger partial charge on any atom is 0.349 e. The van der Waals surface area contributed by atoms with Crippen molar-refractivity contribution in [2.45, 2.75) is 37.0 Å². The Balaban J connectivity index is 0.00000196. The van der Waals surface area contributed by atoms with Gasteiger partial charge in [0.1, 0.15) is 6.10 Å². The van der Waals surface area contributed by atoms with Crippen molar-refractivity contribution < 1.29 is 36.5 Å². The monoisotopic (exact) mass is 457 g/mol. The number of halogens is 1. The molecule has 2 fully saturated rings. The van der Waals surface area contributed by atoms with Gasteiger partial charge < -0.3 is 31.7 Å². The molecule has 0 aromatic carbocycles. The van der Waals surface area contributed by atoms with E-state index in [9.17, 15) is 9.90 Å². The van der Waals surface area contributed by atoms with E-state index in [1.165, 1.54) is 34.0 Å². The Morgan fingerprint density at radius 1 is 1.19 bits per heavy atom. The van der Waals surface area contributed by atoms with Gasteiger partial charge >= 0.3 is 5.97 Å². The van der Waals surface area contributed by atoms with E-state index >= 15 is 0 Å². The van der Waals surface area contributed by atoms with E-state index in [1.54, 1.807) is 12.1 Å². The molecule has 0 spiro atoms. The Kier molecular flexibility index (Phi) is 5.94. The fraction of sp³-hybridized carbons (Fsp3) is 0.526. The van der Waals surface area contributed by atoms with Crippen molar-refractivity contribution in [1.29, 1.82) is 0 Å². The smallest absolute Gasteiger partial charge is 0.349 e. The van der Waals surface area contributed by atoms with Gasteiger partial charge in [0.05, 0.1) is 29.9 Å². The second kappa shape index (κ2) is 7.72. The van der Waals surface area contributed by atoms with Crippen molar-refractivity contribution in [1.82, 2.24) is 0 Å². The van der Waals surface area contributed by atoms with Gasteiger partial charge in [0.2, 0.25) is 5.60 Å². The average molecular weight is 458 g/mol. The summed E-state index contributed by atoms with van der Waals surface area (Å²) >= 11 is 2.77. The molecular formula is C19H24BrNO3S2. The molecule has 0 radical (unpaired) electrons. The van der Waals surface area contributed by atoms with Crippen molar-refractivity contribution in [3.8, 4) is 0 Å². The molecule has 2 aliphatic rings. The number of fused-ring (bicyclic) bond motifs is 2. The highest BCUT2D eigenvalue weighted by molar-refractivity contribution is 7.12. The average Bonchev–Trinajstić information content (AvgIpc) is 3.37.